The molecular formula is C38H22Br4O2. The van der Waals surface area contributed by atoms with E-state index in [9.17, 15) is 0 Å². The van der Waals surface area contributed by atoms with Gasteiger partial charge in [-0.1, -0.05) is 130 Å². The minimum Gasteiger partial charge on any atom is -0.454 e. The summed E-state index contributed by atoms with van der Waals surface area (Å²) in [5.74, 6) is 1.53. The van der Waals surface area contributed by atoms with E-state index in [4.69, 9.17) is 9.47 Å². The molecule has 0 amide bonds. The van der Waals surface area contributed by atoms with Gasteiger partial charge >= 0.3 is 0 Å². The maximum atomic E-state index is 6.00. The van der Waals surface area contributed by atoms with Crippen LogP contribution in [0.25, 0.3) is 33.4 Å². The zero-order valence-electron chi connectivity index (χ0n) is 23.1. The second-order valence-corrected chi connectivity index (χ2v) is 14.7. The zero-order chi connectivity index (χ0) is 30.0. The van der Waals surface area contributed by atoms with Gasteiger partial charge in [-0.2, -0.15) is 0 Å². The number of rotatable bonds is 4. The molecule has 0 bridgehead atoms. The first-order valence-corrected chi connectivity index (χ1v) is 17.3. The fourth-order valence-electron chi connectivity index (χ4n) is 6.83. The molecule has 1 aliphatic carbocycles. The molecule has 2 nitrogen and oxygen atoms in total. The van der Waals surface area contributed by atoms with Gasteiger partial charge in [0.2, 0.25) is 6.79 Å². The summed E-state index contributed by atoms with van der Waals surface area (Å²) in [6.45, 7) is 0.212. The summed E-state index contributed by atoms with van der Waals surface area (Å²) in [6.07, 6.45) is 0. The third-order valence-electron chi connectivity index (χ3n) is 8.53. The van der Waals surface area contributed by atoms with Crippen molar-refractivity contribution in [2.24, 2.45) is 0 Å². The van der Waals surface area contributed by atoms with Gasteiger partial charge in [-0.15, -0.1) is 0 Å². The van der Waals surface area contributed by atoms with E-state index in [1.54, 1.807) is 0 Å². The summed E-state index contributed by atoms with van der Waals surface area (Å²) in [5, 5.41) is 0. The Morgan fingerprint density at radius 2 is 1.02 bits per heavy atom. The van der Waals surface area contributed by atoms with Crippen LogP contribution in [0.5, 0.6) is 11.5 Å². The Labute approximate surface area is 289 Å². The second-order valence-electron chi connectivity index (χ2n) is 11.0. The lowest BCUT2D eigenvalue weighted by atomic mass is 9.67. The smallest absolute Gasteiger partial charge is 0.231 e. The fraction of sp³-hybridized carbons (Fsp3) is 0.0526. The summed E-state index contributed by atoms with van der Waals surface area (Å²) < 4.78 is 16.0. The minimum atomic E-state index is -0.655. The molecule has 0 saturated heterocycles. The Kier molecular flexibility index (Phi) is 7.10. The molecule has 8 rings (SSSR count). The average molecular weight is 830 g/mol. The SMILES string of the molecule is Brc1cc(Br)cc(C2(c3cc(Br)cc(Br)c3)c3cc4c(cc3-c3c(-c5cccc(-c6ccccc6)c5)cccc32)OCO4)c1. The molecule has 6 aromatic rings. The summed E-state index contributed by atoms with van der Waals surface area (Å²) in [6, 6.07) is 43.5. The normalized spacial score (nSPS) is 13.9. The second kappa shape index (κ2) is 11.0. The van der Waals surface area contributed by atoms with Crippen LogP contribution in [0.2, 0.25) is 0 Å². The number of benzene rings is 6. The molecule has 0 unspecified atom stereocenters. The third kappa shape index (κ3) is 4.53. The minimum absolute atomic E-state index is 0.212. The standard InChI is InChI=1S/C38H22Br4O2/c39-27-13-25(14-28(40)17-27)38(26-15-29(41)18-30(42)16-26)33-11-5-10-31(24-9-4-8-23(12-24)22-6-2-1-3-7-22)37(33)32-19-35-36(20-34(32)38)44-21-43-35/h1-20H,21H2. The van der Waals surface area contributed by atoms with E-state index in [0.717, 1.165) is 57.2 Å². The van der Waals surface area contributed by atoms with Crippen molar-refractivity contribution in [2.75, 3.05) is 6.79 Å². The first-order valence-electron chi connectivity index (χ1n) is 14.1. The van der Waals surface area contributed by atoms with E-state index < -0.39 is 5.41 Å². The van der Waals surface area contributed by atoms with Crippen molar-refractivity contribution in [1.82, 2.24) is 0 Å². The molecule has 2 aliphatic rings. The van der Waals surface area contributed by atoms with E-state index in [2.05, 4.69) is 185 Å². The Morgan fingerprint density at radius 1 is 0.455 bits per heavy atom. The van der Waals surface area contributed by atoms with Crippen LogP contribution < -0.4 is 9.47 Å². The summed E-state index contributed by atoms with van der Waals surface area (Å²) >= 11 is 15.2. The molecule has 214 valence electrons. The van der Waals surface area contributed by atoms with E-state index in [1.165, 1.54) is 27.8 Å². The number of hydrogen-bond donors (Lipinski definition) is 0. The fourth-order valence-corrected chi connectivity index (χ4v) is 9.41. The monoisotopic (exact) mass is 826 g/mol. The van der Waals surface area contributed by atoms with Crippen LogP contribution in [0.1, 0.15) is 22.3 Å². The van der Waals surface area contributed by atoms with E-state index in [1.807, 2.05) is 0 Å². The van der Waals surface area contributed by atoms with Gasteiger partial charge in [0, 0.05) is 17.9 Å². The molecule has 0 spiro atoms. The number of ether oxygens (including phenoxy) is 2. The van der Waals surface area contributed by atoms with Crippen molar-refractivity contribution in [3.8, 4) is 44.9 Å². The van der Waals surface area contributed by atoms with Gasteiger partial charge in [-0.25, -0.2) is 0 Å². The lowest BCUT2D eigenvalue weighted by Gasteiger charge is -2.34. The molecule has 6 heteroatoms. The molecule has 1 heterocycles. The van der Waals surface area contributed by atoms with Gasteiger partial charge in [0.05, 0.1) is 5.41 Å². The van der Waals surface area contributed by atoms with Crippen LogP contribution in [0, 0.1) is 0 Å². The van der Waals surface area contributed by atoms with Crippen molar-refractivity contribution < 1.29 is 9.47 Å². The maximum Gasteiger partial charge on any atom is 0.231 e. The molecule has 6 aromatic carbocycles. The van der Waals surface area contributed by atoms with Crippen LogP contribution >= 0.6 is 63.7 Å². The molecule has 0 N–H and O–H groups in total. The van der Waals surface area contributed by atoms with Gasteiger partial charge in [0.25, 0.3) is 0 Å². The highest BCUT2D eigenvalue weighted by Gasteiger charge is 2.48. The van der Waals surface area contributed by atoms with Crippen LogP contribution in [-0.4, -0.2) is 6.79 Å². The number of halogens is 4. The van der Waals surface area contributed by atoms with E-state index in [0.29, 0.717) is 0 Å². The Bertz CT molecular complexity index is 2010. The van der Waals surface area contributed by atoms with Crippen LogP contribution in [0.4, 0.5) is 0 Å². The Balaban J connectivity index is 1.50. The molecule has 0 aromatic heterocycles. The van der Waals surface area contributed by atoms with Gasteiger partial charge in [0.15, 0.2) is 11.5 Å². The average Bonchev–Trinajstić information content (AvgIpc) is 3.60. The zero-order valence-corrected chi connectivity index (χ0v) is 29.4. The van der Waals surface area contributed by atoms with Crippen molar-refractivity contribution in [2.45, 2.75) is 5.41 Å². The Morgan fingerprint density at radius 3 is 1.68 bits per heavy atom. The van der Waals surface area contributed by atoms with Crippen molar-refractivity contribution >= 4 is 63.7 Å². The number of hydrogen-bond acceptors (Lipinski definition) is 2. The highest BCUT2D eigenvalue weighted by molar-refractivity contribution is 9.11. The molecule has 1 aliphatic heterocycles. The first kappa shape index (κ1) is 28.3. The van der Waals surface area contributed by atoms with Gasteiger partial charge in [-0.3, -0.25) is 0 Å². The highest BCUT2D eigenvalue weighted by Crippen LogP contribution is 2.61. The third-order valence-corrected chi connectivity index (χ3v) is 10.4. The summed E-state index contributed by atoms with van der Waals surface area (Å²) in [7, 11) is 0. The van der Waals surface area contributed by atoms with Crippen LogP contribution in [-0.2, 0) is 5.41 Å². The summed E-state index contributed by atoms with van der Waals surface area (Å²) in [4.78, 5) is 0. The molecule has 44 heavy (non-hydrogen) atoms. The van der Waals surface area contributed by atoms with Crippen molar-refractivity contribution in [3.63, 3.8) is 0 Å². The van der Waals surface area contributed by atoms with Gasteiger partial charge < -0.3 is 9.47 Å². The molecular weight excluding hydrogens is 808 g/mol. The van der Waals surface area contributed by atoms with E-state index in [-0.39, 0.29) is 6.79 Å². The molecule has 0 saturated carbocycles. The molecule has 0 fully saturated rings. The topological polar surface area (TPSA) is 18.5 Å². The lowest BCUT2D eigenvalue weighted by Crippen LogP contribution is -2.29. The van der Waals surface area contributed by atoms with E-state index >= 15 is 0 Å². The largest absolute Gasteiger partial charge is 0.454 e. The predicted molar refractivity (Wildman–Crippen MR) is 192 cm³/mol. The first-order chi connectivity index (χ1) is 21.4. The van der Waals surface area contributed by atoms with Crippen molar-refractivity contribution in [3.05, 3.63) is 161 Å². The highest BCUT2D eigenvalue weighted by atomic mass is 79.9. The lowest BCUT2D eigenvalue weighted by molar-refractivity contribution is 0.174. The number of fused-ring (bicyclic) bond motifs is 4. The quantitative estimate of drug-likeness (QED) is 0.176. The van der Waals surface area contributed by atoms with Crippen molar-refractivity contribution in [1.29, 1.82) is 0 Å². The predicted octanol–water partition coefficient (Wildman–Crippen LogP) is 12.2. The molecule has 0 radical (unpaired) electrons. The molecule has 0 atom stereocenters. The van der Waals surface area contributed by atoms with Gasteiger partial charge in [-0.05, 0) is 110 Å². The Hall–Kier alpha value is -3.16. The maximum absolute atomic E-state index is 6.00. The van der Waals surface area contributed by atoms with Crippen LogP contribution in [0.3, 0.4) is 0 Å². The van der Waals surface area contributed by atoms with Crippen LogP contribution in [0.15, 0.2) is 139 Å². The summed E-state index contributed by atoms with van der Waals surface area (Å²) in [5.41, 5.74) is 11.0. The van der Waals surface area contributed by atoms with Gasteiger partial charge in [0.1, 0.15) is 0 Å².